The lowest BCUT2D eigenvalue weighted by Gasteiger charge is -2.26. The molecule has 0 radical (unpaired) electrons. The fraction of sp³-hybridized carbons (Fsp3) is 0.324. The van der Waals surface area contributed by atoms with Crippen LogP contribution in [0.2, 0.25) is 0 Å². The van der Waals surface area contributed by atoms with Crippen LogP contribution in [-0.2, 0) is 23.9 Å². The Bertz CT molecular complexity index is 2480. The number of allylic oxidation sites excluding steroid dienone is 1. The molecular weight excluding hydrogens is 680 g/mol. The number of hydrogen-bond acceptors (Lipinski definition) is 15. The van der Waals surface area contributed by atoms with E-state index in [9.17, 15) is 34.5 Å². The first-order valence-corrected chi connectivity index (χ1v) is 16.0. The van der Waals surface area contributed by atoms with E-state index in [0.717, 1.165) is 14.2 Å². The van der Waals surface area contributed by atoms with Gasteiger partial charge in [-0.25, -0.2) is 9.59 Å². The number of benzene rings is 5. The third-order valence-corrected chi connectivity index (χ3v) is 9.66. The van der Waals surface area contributed by atoms with Gasteiger partial charge >= 0.3 is 11.9 Å². The molecule has 0 fully saturated rings. The van der Waals surface area contributed by atoms with Crippen molar-refractivity contribution in [3.05, 3.63) is 49.3 Å². The number of aliphatic hydroxyl groups is 2. The standard InChI is InChI=1S/C37H36N2O13/c1-13-8-15-23-28-24(33(44)32(15)39-18(12-41)37(47)52-7)16(38-17(11-40)36(46)51-6)9-20(48-3)26(28)27-21(49-4)10-19(43)25-30(27)29(23)31(22(13)14(2)42)35(50-5)34(25)45/h8-10,17-18,22,38-41,45H,11-12H2,1-7H3. The van der Waals surface area contributed by atoms with Gasteiger partial charge in [0, 0.05) is 50.2 Å². The van der Waals surface area contributed by atoms with Gasteiger partial charge in [0.25, 0.3) is 0 Å². The van der Waals surface area contributed by atoms with E-state index in [1.807, 2.05) is 0 Å². The van der Waals surface area contributed by atoms with Gasteiger partial charge in [-0.1, -0.05) is 11.6 Å². The average Bonchev–Trinajstić information content (AvgIpc) is 3.26. The number of carbonyl (C=O) groups excluding carboxylic acids is 3. The van der Waals surface area contributed by atoms with Crippen molar-refractivity contribution in [2.45, 2.75) is 31.8 Å². The van der Waals surface area contributed by atoms with Crippen molar-refractivity contribution < 1.29 is 53.4 Å². The van der Waals surface area contributed by atoms with Crippen LogP contribution >= 0.6 is 0 Å². The number of ether oxygens (including phenoxy) is 5. The number of aromatic hydroxyl groups is 1. The maximum absolute atomic E-state index is 15.0. The van der Waals surface area contributed by atoms with Crippen LogP contribution in [0, 0.1) is 0 Å². The van der Waals surface area contributed by atoms with Crippen molar-refractivity contribution in [3.63, 3.8) is 0 Å². The average molecular weight is 717 g/mol. The molecule has 5 aromatic rings. The Morgan fingerprint density at radius 2 is 1.31 bits per heavy atom. The fourth-order valence-corrected chi connectivity index (χ4v) is 7.55. The molecular formula is C37H36N2O13. The molecule has 15 nitrogen and oxygen atoms in total. The zero-order chi connectivity index (χ0) is 37.9. The van der Waals surface area contributed by atoms with Crippen LogP contribution < -0.4 is 35.7 Å². The first-order valence-electron chi connectivity index (χ1n) is 16.0. The Morgan fingerprint density at radius 1 is 0.750 bits per heavy atom. The molecule has 0 spiro atoms. The zero-order valence-electron chi connectivity index (χ0n) is 29.3. The molecule has 3 atom stereocenters. The van der Waals surface area contributed by atoms with Gasteiger partial charge in [0.1, 0.15) is 29.4 Å². The summed E-state index contributed by atoms with van der Waals surface area (Å²) < 4.78 is 27.2. The lowest BCUT2D eigenvalue weighted by Crippen LogP contribution is -2.36. The van der Waals surface area contributed by atoms with E-state index in [0.29, 0.717) is 5.57 Å². The van der Waals surface area contributed by atoms with Gasteiger partial charge in [0.2, 0.25) is 5.43 Å². The predicted octanol–water partition coefficient (Wildman–Crippen LogP) is 2.61. The summed E-state index contributed by atoms with van der Waals surface area (Å²) in [4.78, 5) is 68.1. The molecule has 0 aromatic heterocycles. The molecule has 5 N–H and O–H groups in total. The van der Waals surface area contributed by atoms with Crippen molar-refractivity contribution in [1.29, 1.82) is 0 Å². The predicted molar refractivity (Wildman–Crippen MR) is 193 cm³/mol. The third-order valence-electron chi connectivity index (χ3n) is 9.66. The van der Waals surface area contributed by atoms with Gasteiger partial charge in [0.05, 0.1) is 76.8 Å². The van der Waals surface area contributed by atoms with E-state index in [2.05, 4.69) is 10.6 Å². The minimum Gasteiger partial charge on any atom is -0.504 e. The van der Waals surface area contributed by atoms with Crippen LogP contribution in [0.1, 0.15) is 30.9 Å². The van der Waals surface area contributed by atoms with Crippen molar-refractivity contribution >= 4 is 78.3 Å². The quantitative estimate of drug-likeness (QED) is 0.0713. The molecule has 0 amide bonds. The molecule has 5 aromatic carbocycles. The number of nitrogens with one attached hydrogen (secondary N) is 2. The van der Waals surface area contributed by atoms with Crippen molar-refractivity contribution in [3.8, 4) is 23.0 Å². The molecule has 52 heavy (non-hydrogen) atoms. The highest BCUT2D eigenvalue weighted by atomic mass is 16.5. The summed E-state index contributed by atoms with van der Waals surface area (Å²) in [6.07, 6.45) is 1.59. The van der Waals surface area contributed by atoms with E-state index < -0.39 is 59.8 Å². The summed E-state index contributed by atoms with van der Waals surface area (Å²) in [5.41, 5.74) is -0.765. The number of ketones is 1. The van der Waals surface area contributed by atoms with E-state index in [-0.39, 0.29) is 88.6 Å². The summed E-state index contributed by atoms with van der Waals surface area (Å²) in [6, 6.07) is -0.185. The van der Waals surface area contributed by atoms with E-state index >= 15 is 4.79 Å². The normalized spacial score (nSPS) is 15.0. The number of fused-ring (bicyclic) bond motifs is 1. The summed E-state index contributed by atoms with van der Waals surface area (Å²) in [5, 5.41) is 39.2. The van der Waals surface area contributed by atoms with Crippen molar-refractivity contribution in [2.24, 2.45) is 0 Å². The number of rotatable bonds is 12. The van der Waals surface area contributed by atoms with Gasteiger partial charge in [-0.3, -0.25) is 14.4 Å². The molecule has 272 valence electrons. The van der Waals surface area contributed by atoms with Gasteiger partial charge in [-0.15, -0.1) is 0 Å². The highest BCUT2D eigenvalue weighted by Gasteiger charge is 2.38. The fourth-order valence-electron chi connectivity index (χ4n) is 7.55. The first-order chi connectivity index (χ1) is 24.8. The Morgan fingerprint density at radius 3 is 1.83 bits per heavy atom. The SMILES string of the molecule is COC(=O)C(CO)Nc1c2c3c4c(c(OC)c(O)c5c(=O)cc(OC)c(c6c(OC)cc(NC(CO)C(=O)OC)c(c1=O)c63)c54)C(C(C)=O)C(C)=C2. The second-order valence-electron chi connectivity index (χ2n) is 12.4. The highest BCUT2D eigenvalue weighted by Crippen LogP contribution is 2.57. The van der Waals surface area contributed by atoms with Crippen molar-refractivity contribution in [2.75, 3.05) is 59.4 Å². The Balaban J connectivity index is 2.05. The van der Waals surface area contributed by atoms with Crippen molar-refractivity contribution in [1.82, 2.24) is 0 Å². The van der Waals surface area contributed by atoms with Crippen LogP contribution in [0.15, 0.2) is 27.3 Å². The molecule has 0 saturated heterocycles. The Kier molecular flexibility index (Phi) is 9.19. The second kappa shape index (κ2) is 13.3. The van der Waals surface area contributed by atoms with Crippen LogP contribution in [0.4, 0.5) is 11.4 Å². The van der Waals surface area contributed by atoms with Crippen LogP contribution in [0.3, 0.4) is 0 Å². The van der Waals surface area contributed by atoms with Crippen LogP contribution in [0.5, 0.6) is 23.0 Å². The summed E-state index contributed by atoms with van der Waals surface area (Å²) in [5.74, 6) is -3.63. The number of methoxy groups -OCH3 is 5. The van der Waals surface area contributed by atoms with Gasteiger partial charge in [0.15, 0.2) is 16.9 Å². The van der Waals surface area contributed by atoms with Gasteiger partial charge < -0.3 is 49.6 Å². The number of anilines is 2. The highest BCUT2D eigenvalue weighted by molar-refractivity contribution is 6.40. The van der Waals surface area contributed by atoms with Crippen LogP contribution in [-0.4, -0.2) is 93.9 Å². The topological polar surface area (TPSA) is 216 Å². The number of Topliss-reactive ketones (excluding diaryl/α,β-unsaturated/α-hetero) is 1. The maximum atomic E-state index is 15.0. The molecule has 0 heterocycles. The zero-order valence-corrected chi connectivity index (χ0v) is 29.3. The monoisotopic (exact) mass is 716 g/mol. The third kappa shape index (κ3) is 4.98. The molecule has 1 aliphatic carbocycles. The van der Waals surface area contributed by atoms with Gasteiger partial charge in [-0.05, 0) is 19.2 Å². The molecule has 6 rings (SSSR count). The largest absolute Gasteiger partial charge is 0.504 e. The summed E-state index contributed by atoms with van der Waals surface area (Å²) in [6.45, 7) is 1.49. The molecule has 0 aliphatic heterocycles. The maximum Gasteiger partial charge on any atom is 0.330 e. The van der Waals surface area contributed by atoms with E-state index in [1.165, 1.54) is 40.4 Å². The minimum atomic E-state index is -1.44. The number of phenols is 1. The van der Waals surface area contributed by atoms with E-state index in [4.69, 9.17) is 23.7 Å². The lowest BCUT2D eigenvalue weighted by atomic mass is 9.80. The first kappa shape index (κ1) is 35.9. The molecule has 3 unspecified atom stereocenters. The van der Waals surface area contributed by atoms with Gasteiger partial charge in [-0.2, -0.15) is 0 Å². The summed E-state index contributed by atoms with van der Waals surface area (Å²) >= 11 is 0. The molecule has 1 aliphatic rings. The number of esters is 2. The number of hydrogen-bond donors (Lipinski definition) is 5. The number of carbonyl (C=O) groups is 3. The number of aliphatic hydroxyl groups excluding tert-OH is 2. The Labute approximate surface area is 295 Å². The second-order valence-corrected chi connectivity index (χ2v) is 12.4. The van der Waals surface area contributed by atoms with E-state index in [1.54, 1.807) is 13.0 Å². The molecule has 0 saturated carbocycles. The van der Waals surface area contributed by atoms with Crippen LogP contribution in [0.25, 0.3) is 49.2 Å². The molecule has 0 bridgehead atoms. The number of phenolic OH excluding ortho intramolecular Hbond substituents is 1. The molecule has 15 heteroatoms. The lowest BCUT2D eigenvalue weighted by molar-refractivity contribution is -0.143. The Hall–Kier alpha value is -5.93. The smallest absolute Gasteiger partial charge is 0.330 e. The minimum absolute atomic E-state index is 0.00832. The summed E-state index contributed by atoms with van der Waals surface area (Å²) in [7, 11) is 6.25.